The fourth-order valence-electron chi connectivity index (χ4n) is 2.67. The number of pyridine rings is 1. The fourth-order valence-corrected chi connectivity index (χ4v) is 2.67. The molecule has 1 aliphatic rings. The van der Waals surface area contributed by atoms with Gasteiger partial charge in [0.15, 0.2) is 0 Å². The third kappa shape index (κ3) is 2.56. The Morgan fingerprint density at radius 2 is 2.35 bits per heavy atom. The SMILES string of the molecule is COc1cccc2c(C)cc(NCC3CCCO3)nc12. The van der Waals surface area contributed by atoms with Crippen LogP contribution in [0.15, 0.2) is 24.3 Å². The summed E-state index contributed by atoms with van der Waals surface area (Å²) < 4.78 is 11.0. The summed E-state index contributed by atoms with van der Waals surface area (Å²) in [6, 6.07) is 8.09. The van der Waals surface area contributed by atoms with Gasteiger partial charge in [-0.05, 0) is 37.5 Å². The Kier molecular flexibility index (Phi) is 3.74. The molecule has 1 saturated heterocycles. The molecule has 3 rings (SSSR count). The average molecular weight is 272 g/mol. The zero-order valence-electron chi connectivity index (χ0n) is 12.0. The Morgan fingerprint density at radius 3 is 3.10 bits per heavy atom. The molecule has 1 fully saturated rings. The number of benzene rings is 1. The van der Waals surface area contributed by atoms with Gasteiger partial charge in [-0.1, -0.05) is 12.1 Å². The number of methoxy groups -OCH3 is 1. The minimum atomic E-state index is 0.311. The molecule has 20 heavy (non-hydrogen) atoms. The van der Waals surface area contributed by atoms with Crippen LogP contribution in [0.5, 0.6) is 5.75 Å². The summed E-state index contributed by atoms with van der Waals surface area (Å²) in [6.07, 6.45) is 2.60. The second-order valence-corrected chi connectivity index (χ2v) is 5.20. The highest BCUT2D eigenvalue weighted by Gasteiger charge is 2.15. The van der Waals surface area contributed by atoms with E-state index in [1.54, 1.807) is 7.11 Å². The molecular weight excluding hydrogens is 252 g/mol. The van der Waals surface area contributed by atoms with Crippen molar-refractivity contribution in [3.8, 4) is 5.75 Å². The lowest BCUT2D eigenvalue weighted by molar-refractivity contribution is 0.120. The number of aryl methyl sites for hydroxylation is 1. The molecule has 0 aliphatic carbocycles. The number of para-hydroxylation sites is 1. The number of hydrogen-bond donors (Lipinski definition) is 1. The molecular formula is C16H20N2O2. The second kappa shape index (κ2) is 5.67. The Hall–Kier alpha value is -1.81. The van der Waals surface area contributed by atoms with Crippen molar-refractivity contribution in [1.29, 1.82) is 0 Å². The van der Waals surface area contributed by atoms with Gasteiger partial charge in [-0.3, -0.25) is 0 Å². The van der Waals surface area contributed by atoms with Crippen molar-refractivity contribution in [2.24, 2.45) is 0 Å². The van der Waals surface area contributed by atoms with E-state index in [2.05, 4.69) is 29.4 Å². The first kappa shape index (κ1) is 13.2. The van der Waals surface area contributed by atoms with Crippen LogP contribution in [0.2, 0.25) is 0 Å². The molecule has 2 heterocycles. The van der Waals surface area contributed by atoms with E-state index in [4.69, 9.17) is 9.47 Å². The van der Waals surface area contributed by atoms with Gasteiger partial charge in [0, 0.05) is 18.5 Å². The molecule has 2 aromatic rings. The maximum atomic E-state index is 5.62. The topological polar surface area (TPSA) is 43.4 Å². The van der Waals surface area contributed by atoms with Crippen LogP contribution in [0.3, 0.4) is 0 Å². The van der Waals surface area contributed by atoms with Gasteiger partial charge in [0.1, 0.15) is 17.1 Å². The summed E-state index contributed by atoms with van der Waals surface area (Å²) in [5, 5.41) is 4.51. The second-order valence-electron chi connectivity index (χ2n) is 5.20. The average Bonchev–Trinajstić information content (AvgIpc) is 2.98. The zero-order valence-corrected chi connectivity index (χ0v) is 12.0. The summed E-state index contributed by atoms with van der Waals surface area (Å²) in [4.78, 5) is 4.68. The predicted molar refractivity (Wildman–Crippen MR) is 80.5 cm³/mol. The number of hydrogen-bond acceptors (Lipinski definition) is 4. The molecule has 1 N–H and O–H groups in total. The van der Waals surface area contributed by atoms with Gasteiger partial charge in [0.2, 0.25) is 0 Å². The molecule has 0 radical (unpaired) electrons. The fraction of sp³-hybridized carbons (Fsp3) is 0.438. The highest BCUT2D eigenvalue weighted by molar-refractivity contribution is 5.88. The normalized spacial score (nSPS) is 18.4. The first-order chi connectivity index (χ1) is 9.78. The highest BCUT2D eigenvalue weighted by atomic mass is 16.5. The number of nitrogens with one attached hydrogen (secondary N) is 1. The van der Waals surface area contributed by atoms with Crippen molar-refractivity contribution in [3.63, 3.8) is 0 Å². The Labute approximate surface area is 119 Å². The molecule has 4 heteroatoms. The molecule has 0 saturated carbocycles. The van der Waals surface area contributed by atoms with Crippen LogP contribution in [0.4, 0.5) is 5.82 Å². The maximum Gasteiger partial charge on any atom is 0.145 e. The smallest absolute Gasteiger partial charge is 0.145 e. The van der Waals surface area contributed by atoms with E-state index < -0.39 is 0 Å². The lowest BCUT2D eigenvalue weighted by Gasteiger charge is -2.13. The van der Waals surface area contributed by atoms with Crippen LogP contribution in [-0.4, -0.2) is 31.3 Å². The summed E-state index contributed by atoms with van der Waals surface area (Å²) in [6.45, 7) is 3.79. The van der Waals surface area contributed by atoms with Gasteiger partial charge >= 0.3 is 0 Å². The number of fused-ring (bicyclic) bond motifs is 1. The van der Waals surface area contributed by atoms with Crippen molar-refractivity contribution in [1.82, 2.24) is 4.98 Å². The zero-order chi connectivity index (χ0) is 13.9. The van der Waals surface area contributed by atoms with Crippen LogP contribution in [-0.2, 0) is 4.74 Å². The molecule has 0 amide bonds. The molecule has 1 atom stereocenters. The summed E-state index contributed by atoms with van der Waals surface area (Å²) in [7, 11) is 1.68. The first-order valence-corrected chi connectivity index (χ1v) is 7.08. The molecule has 1 aliphatic heterocycles. The number of nitrogens with zero attached hydrogens (tertiary/aromatic N) is 1. The predicted octanol–water partition coefficient (Wildman–Crippen LogP) is 3.14. The van der Waals surface area contributed by atoms with Crippen LogP contribution in [0, 0.1) is 6.92 Å². The third-order valence-corrected chi connectivity index (χ3v) is 3.76. The molecule has 106 valence electrons. The van der Waals surface area contributed by atoms with Gasteiger partial charge in [-0.15, -0.1) is 0 Å². The van der Waals surface area contributed by atoms with E-state index in [1.165, 1.54) is 5.56 Å². The van der Waals surface area contributed by atoms with Gasteiger partial charge < -0.3 is 14.8 Å². The monoisotopic (exact) mass is 272 g/mol. The van der Waals surface area contributed by atoms with Crippen molar-refractivity contribution in [3.05, 3.63) is 29.8 Å². The molecule has 1 unspecified atom stereocenters. The molecule has 4 nitrogen and oxygen atoms in total. The van der Waals surface area contributed by atoms with E-state index in [-0.39, 0.29) is 0 Å². The highest BCUT2D eigenvalue weighted by Crippen LogP contribution is 2.28. The Balaban J connectivity index is 1.87. The van der Waals surface area contributed by atoms with E-state index in [9.17, 15) is 0 Å². The Bertz CT molecular complexity index is 607. The van der Waals surface area contributed by atoms with Gasteiger partial charge in [-0.25, -0.2) is 4.98 Å². The van der Waals surface area contributed by atoms with Crippen molar-refractivity contribution in [2.75, 3.05) is 25.6 Å². The van der Waals surface area contributed by atoms with E-state index in [0.29, 0.717) is 6.10 Å². The van der Waals surface area contributed by atoms with Crippen LogP contribution >= 0.6 is 0 Å². The lowest BCUT2D eigenvalue weighted by atomic mass is 10.1. The van der Waals surface area contributed by atoms with Crippen molar-refractivity contribution in [2.45, 2.75) is 25.9 Å². The minimum Gasteiger partial charge on any atom is -0.494 e. The molecule has 1 aromatic carbocycles. The van der Waals surface area contributed by atoms with E-state index in [0.717, 1.165) is 48.5 Å². The van der Waals surface area contributed by atoms with E-state index in [1.807, 2.05) is 12.1 Å². The molecule has 0 spiro atoms. The quantitative estimate of drug-likeness (QED) is 0.928. The van der Waals surface area contributed by atoms with E-state index >= 15 is 0 Å². The third-order valence-electron chi connectivity index (χ3n) is 3.76. The van der Waals surface area contributed by atoms with Crippen molar-refractivity contribution < 1.29 is 9.47 Å². The van der Waals surface area contributed by atoms with Gasteiger partial charge in [0.25, 0.3) is 0 Å². The first-order valence-electron chi connectivity index (χ1n) is 7.08. The van der Waals surface area contributed by atoms with Crippen LogP contribution < -0.4 is 10.1 Å². The van der Waals surface area contributed by atoms with Crippen LogP contribution in [0.25, 0.3) is 10.9 Å². The lowest BCUT2D eigenvalue weighted by Crippen LogP contribution is -2.19. The minimum absolute atomic E-state index is 0.311. The number of ether oxygens (including phenoxy) is 2. The summed E-state index contributed by atoms with van der Waals surface area (Å²) in [5.74, 6) is 1.70. The van der Waals surface area contributed by atoms with Crippen LogP contribution in [0.1, 0.15) is 18.4 Å². The number of aromatic nitrogens is 1. The largest absolute Gasteiger partial charge is 0.494 e. The number of anilines is 1. The summed E-state index contributed by atoms with van der Waals surface area (Å²) in [5.41, 5.74) is 2.11. The molecule has 1 aromatic heterocycles. The maximum absolute atomic E-state index is 5.62. The number of rotatable bonds is 4. The van der Waals surface area contributed by atoms with Crippen molar-refractivity contribution >= 4 is 16.7 Å². The van der Waals surface area contributed by atoms with Gasteiger partial charge in [-0.2, -0.15) is 0 Å². The standard InChI is InChI=1S/C16H20N2O2/c1-11-9-15(17-10-12-5-4-8-20-12)18-16-13(11)6-3-7-14(16)19-2/h3,6-7,9,12H,4-5,8,10H2,1-2H3,(H,17,18). The summed E-state index contributed by atoms with van der Waals surface area (Å²) >= 11 is 0. The van der Waals surface area contributed by atoms with Gasteiger partial charge in [0.05, 0.1) is 13.2 Å². The molecule has 0 bridgehead atoms. The Morgan fingerprint density at radius 1 is 1.45 bits per heavy atom.